The lowest BCUT2D eigenvalue weighted by Crippen LogP contribution is -2.34. The second kappa shape index (κ2) is 10.6. The maximum absolute atomic E-state index is 3.96. The molecule has 0 unspecified atom stereocenters. The Morgan fingerprint density at radius 1 is 0.619 bits per heavy atom. The number of hydrogen-bond acceptors (Lipinski definition) is 1. The highest BCUT2D eigenvalue weighted by Gasteiger charge is 2.19. The van der Waals surface area contributed by atoms with Gasteiger partial charge in [0.05, 0.1) is 0 Å². The minimum Gasteiger partial charge on any atom is -0.314 e. The molecule has 0 atom stereocenters. The molecule has 124 valence electrons. The van der Waals surface area contributed by atoms with E-state index >= 15 is 0 Å². The van der Waals surface area contributed by atoms with Gasteiger partial charge in [-0.3, -0.25) is 0 Å². The third kappa shape index (κ3) is 7.68. The lowest BCUT2D eigenvalue weighted by molar-refractivity contribution is 0.267. The Morgan fingerprint density at radius 3 is 1.62 bits per heavy atom. The van der Waals surface area contributed by atoms with Crippen LogP contribution in [-0.2, 0) is 0 Å². The van der Waals surface area contributed by atoms with Gasteiger partial charge in [-0.1, -0.05) is 77.6 Å². The summed E-state index contributed by atoms with van der Waals surface area (Å²) in [6, 6.07) is 0.823. The fourth-order valence-electron chi connectivity index (χ4n) is 4.23. The number of nitrogens with one attached hydrogen (secondary N) is 1. The zero-order chi connectivity index (χ0) is 14.8. The fourth-order valence-corrected chi connectivity index (χ4v) is 4.23. The molecule has 0 saturated heterocycles. The molecule has 2 fully saturated rings. The van der Waals surface area contributed by atoms with Crippen molar-refractivity contribution in [3.63, 3.8) is 0 Å². The highest BCUT2D eigenvalue weighted by molar-refractivity contribution is 4.75. The second-order valence-electron chi connectivity index (χ2n) is 7.99. The van der Waals surface area contributed by atoms with Crippen molar-refractivity contribution >= 4 is 0 Å². The predicted octanol–water partition coefficient (Wildman–Crippen LogP) is 6.08. The molecule has 21 heavy (non-hydrogen) atoms. The highest BCUT2D eigenvalue weighted by Crippen LogP contribution is 2.28. The normalized spacial score (nSPS) is 31.3. The van der Waals surface area contributed by atoms with E-state index in [1.54, 1.807) is 0 Å². The van der Waals surface area contributed by atoms with Crippen LogP contribution in [-0.4, -0.2) is 12.6 Å². The molecule has 0 radical (unpaired) electrons. The molecule has 0 heterocycles. The quantitative estimate of drug-likeness (QED) is 0.665. The van der Waals surface area contributed by atoms with E-state index in [-0.39, 0.29) is 0 Å². The van der Waals surface area contributed by atoms with Gasteiger partial charge in [0.15, 0.2) is 0 Å². The summed E-state index contributed by atoms with van der Waals surface area (Å²) < 4.78 is 0. The molecule has 2 aliphatic carbocycles. The largest absolute Gasteiger partial charge is 0.314 e. The van der Waals surface area contributed by atoms with Gasteiger partial charge in [0.1, 0.15) is 0 Å². The molecule has 2 rings (SSSR count). The summed E-state index contributed by atoms with van der Waals surface area (Å²) in [7, 11) is 0. The maximum Gasteiger partial charge on any atom is 0.00671 e. The maximum atomic E-state index is 3.96. The Kier molecular flexibility index (Phi) is 8.78. The molecule has 0 aromatic heterocycles. The van der Waals surface area contributed by atoms with Crippen LogP contribution in [0.3, 0.4) is 0 Å². The molecule has 1 nitrogen and oxygen atoms in total. The first-order valence-electron chi connectivity index (χ1n) is 10.1. The average Bonchev–Trinajstić information content (AvgIpc) is 2.48. The van der Waals surface area contributed by atoms with E-state index < -0.39 is 0 Å². The van der Waals surface area contributed by atoms with E-state index in [1.807, 2.05) is 0 Å². The van der Waals surface area contributed by atoms with Gasteiger partial charge in [0.25, 0.3) is 0 Å². The second-order valence-corrected chi connectivity index (χ2v) is 7.99. The number of rotatable bonds is 3. The Balaban J connectivity index is 1.65. The van der Waals surface area contributed by atoms with Crippen LogP contribution in [0, 0.1) is 11.8 Å². The molecular weight excluding hydrogens is 254 g/mol. The first-order chi connectivity index (χ1) is 10.3. The van der Waals surface area contributed by atoms with Crippen LogP contribution in [0.25, 0.3) is 0 Å². The minimum atomic E-state index is 0.823. The van der Waals surface area contributed by atoms with E-state index in [0.29, 0.717) is 0 Å². The van der Waals surface area contributed by atoms with E-state index in [4.69, 9.17) is 0 Å². The minimum absolute atomic E-state index is 0.823. The molecular formula is C20H39N. The van der Waals surface area contributed by atoms with Crippen LogP contribution in [0.2, 0.25) is 0 Å². The highest BCUT2D eigenvalue weighted by atomic mass is 14.9. The Morgan fingerprint density at radius 2 is 1.10 bits per heavy atom. The summed E-state index contributed by atoms with van der Waals surface area (Å²) >= 11 is 0. The Hall–Kier alpha value is -0.0400. The van der Waals surface area contributed by atoms with Crippen LogP contribution in [0.15, 0.2) is 0 Å². The molecule has 0 spiro atoms. The van der Waals surface area contributed by atoms with Crippen molar-refractivity contribution in [1.29, 1.82) is 0 Å². The van der Waals surface area contributed by atoms with Crippen LogP contribution >= 0.6 is 0 Å². The molecule has 1 N–H and O–H groups in total. The first-order valence-corrected chi connectivity index (χ1v) is 10.1. The van der Waals surface area contributed by atoms with E-state index in [9.17, 15) is 0 Å². The number of hydrogen-bond donors (Lipinski definition) is 1. The monoisotopic (exact) mass is 293 g/mol. The van der Waals surface area contributed by atoms with Crippen LogP contribution < -0.4 is 5.32 Å². The average molecular weight is 294 g/mol. The van der Waals surface area contributed by atoms with Gasteiger partial charge in [0, 0.05) is 6.04 Å². The van der Waals surface area contributed by atoms with Gasteiger partial charge in [-0.25, -0.2) is 0 Å². The zero-order valence-corrected chi connectivity index (χ0v) is 14.5. The van der Waals surface area contributed by atoms with Crippen molar-refractivity contribution in [2.45, 2.75) is 109 Å². The van der Waals surface area contributed by atoms with Crippen molar-refractivity contribution in [2.75, 3.05) is 6.54 Å². The molecule has 0 amide bonds. The van der Waals surface area contributed by atoms with Crippen LogP contribution in [0.4, 0.5) is 0 Å². The van der Waals surface area contributed by atoms with Crippen molar-refractivity contribution in [1.82, 2.24) is 5.32 Å². The summed E-state index contributed by atoms with van der Waals surface area (Å²) in [6.07, 6.45) is 22.0. The van der Waals surface area contributed by atoms with Gasteiger partial charge in [-0.2, -0.15) is 0 Å². The standard InChI is InChI=1S/C20H39N/c1-18-13-15-19(16-14-18)17-21-20-11-9-7-5-3-2-4-6-8-10-12-20/h18-21H,2-17H2,1H3. The molecule has 2 aliphatic rings. The summed E-state index contributed by atoms with van der Waals surface area (Å²) in [5.74, 6) is 1.96. The summed E-state index contributed by atoms with van der Waals surface area (Å²) in [6.45, 7) is 3.73. The molecule has 0 aliphatic heterocycles. The molecule has 0 aromatic carbocycles. The van der Waals surface area contributed by atoms with Crippen molar-refractivity contribution < 1.29 is 0 Å². The molecule has 1 heteroatoms. The van der Waals surface area contributed by atoms with Gasteiger partial charge >= 0.3 is 0 Å². The first kappa shape index (κ1) is 17.3. The van der Waals surface area contributed by atoms with Crippen LogP contribution in [0.1, 0.15) is 103 Å². The molecule has 0 aromatic rings. The lowest BCUT2D eigenvalue weighted by Gasteiger charge is -2.28. The predicted molar refractivity (Wildman–Crippen MR) is 93.7 cm³/mol. The zero-order valence-electron chi connectivity index (χ0n) is 14.5. The van der Waals surface area contributed by atoms with Crippen molar-refractivity contribution in [2.24, 2.45) is 11.8 Å². The topological polar surface area (TPSA) is 12.0 Å². The summed E-state index contributed by atoms with van der Waals surface area (Å²) in [5.41, 5.74) is 0. The van der Waals surface area contributed by atoms with E-state index in [1.165, 1.54) is 103 Å². The molecule has 0 bridgehead atoms. The Labute approximate surface area is 133 Å². The molecule has 2 saturated carbocycles. The van der Waals surface area contributed by atoms with Crippen LogP contribution in [0.5, 0.6) is 0 Å². The fraction of sp³-hybridized carbons (Fsp3) is 1.00. The van der Waals surface area contributed by atoms with Gasteiger partial charge in [-0.05, 0) is 44.1 Å². The van der Waals surface area contributed by atoms with E-state index in [0.717, 1.165) is 17.9 Å². The SMILES string of the molecule is CC1CCC(CNC2CCCCCCCCCCC2)CC1. The third-order valence-electron chi connectivity index (χ3n) is 5.94. The van der Waals surface area contributed by atoms with Crippen molar-refractivity contribution in [3.05, 3.63) is 0 Å². The third-order valence-corrected chi connectivity index (χ3v) is 5.94. The summed E-state index contributed by atoms with van der Waals surface area (Å²) in [4.78, 5) is 0. The lowest BCUT2D eigenvalue weighted by atomic mass is 9.83. The van der Waals surface area contributed by atoms with Gasteiger partial charge < -0.3 is 5.32 Å². The van der Waals surface area contributed by atoms with E-state index in [2.05, 4.69) is 12.2 Å². The van der Waals surface area contributed by atoms with Crippen molar-refractivity contribution in [3.8, 4) is 0 Å². The van der Waals surface area contributed by atoms with Gasteiger partial charge in [0.2, 0.25) is 0 Å². The smallest absolute Gasteiger partial charge is 0.00671 e. The van der Waals surface area contributed by atoms with Gasteiger partial charge in [-0.15, -0.1) is 0 Å². The summed E-state index contributed by atoms with van der Waals surface area (Å²) in [5, 5.41) is 3.96. The Bertz CT molecular complexity index is 230.